The lowest BCUT2D eigenvalue weighted by molar-refractivity contribution is 0.560. The predicted molar refractivity (Wildman–Crippen MR) is 51.6 cm³/mol. The SMILES string of the molecule is CC(C)CCCC=CCBr. The molecular formula is C9H17Br. The Morgan fingerprint density at radius 2 is 2.00 bits per heavy atom. The Labute approximate surface area is 72.8 Å². The molecule has 10 heavy (non-hydrogen) atoms. The molecule has 0 aliphatic heterocycles. The van der Waals surface area contributed by atoms with Gasteiger partial charge in [0.1, 0.15) is 0 Å². The number of unbranched alkanes of at least 4 members (excludes halogenated alkanes) is 1. The van der Waals surface area contributed by atoms with Gasteiger partial charge >= 0.3 is 0 Å². The van der Waals surface area contributed by atoms with Crippen molar-refractivity contribution in [2.45, 2.75) is 33.1 Å². The number of hydrogen-bond donors (Lipinski definition) is 0. The van der Waals surface area contributed by atoms with Gasteiger partial charge in [-0.25, -0.2) is 0 Å². The number of rotatable bonds is 5. The lowest BCUT2D eigenvalue weighted by Crippen LogP contribution is -1.84. The molecule has 0 rings (SSSR count). The second-order valence-corrected chi connectivity index (χ2v) is 3.60. The van der Waals surface area contributed by atoms with E-state index < -0.39 is 0 Å². The first-order valence-electron chi connectivity index (χ1n) is 3.98. The number of alkyl halides is 1. The van der Waals surface area contributed by atoms with Gasteiger partial charge in [-0.05, 0) is 18.8 Å². The van der Waals surface area contributed by atoms with Crippen molar-refractivity contribution in [1.29, 1.82) is 0 Å². The molecular weight excluding hydrogens is 188 g/mol. The highest BCUT2D eigenvalue weighted by atomic mass is 79.9. The van der Waals surface area contributed by atoms with Crippen LogP contribution in [0.5, 0.6) is 0 Å². The minimum absolute atomic E-state index is 0.859. The molecule has 0 aliphatic rings. The van der Waals surface area contributed by atoms with Gasteiger partial charge in [-0.2, -0.15) is 0 Å². The van der Waals surface area contributed by atoms with Crippen LogP contribution in [0.2, 0.25) is 0 Å². The molecule has 0 aromatic carbocycles. The molecule has 0 N–H and O–H groups in total. The van der Waals surface area contributed by atoms with E-state index >= 15 is 0 Å². The van der Waals surface area contributed by atoms with E-state index in [0.29, 0.717) is 0 Å². The zero-order chi connectivity index (χ0) is 7.82. The van der Waals surface area contributed by atoms with Crippen LogP contribution in [0, 0.1) is 5.92 Å². The zero-order valence-corrected chi connectivity index (χ0v) is 8.52. The third-order valence-electron chi connectivity index (χ3n) is 1.41. The van der Waals surface area contributed by atoms with Gasteiger partial charge in [0.15, 0.2) is 0 Å². The molecule has 0 aromatic rings. The van der Waals surface area contributed by atoms with Crippen LogP contribution >= 0.6 is 15.9 Å². The highest BCUT2D eigenvalue weighted by Gasteiger charge is 1.90. The van der Waals surface area contributed by atoms with E-state index in [1.165, 1.54) is 19.3 Å². The molecule has 1 heteroatoms. The van der Waals surface area contributed by atoms with Crippen LogP contribution in [-0.4, -0.2) is 5.33 Å². The van der Waals surface area contributed by atoms with Crippen LogP contribution in [-0.2, 0) is 0 Å². The average molecular weight is 205 g/mol. The maximum Gasteiger partial charge on any atom is 0.0212 e. The second kappa shape index (κ2) is 7.33. The Balaban J connectivity index is 2.97. The number of halogens is 1. The molecule has 0 unspecified atom stereocenters. The number of hydrogen-bond acceptors (Lipinski definition) is 0. The van der Waals surface area contributed by atoms with Gasteiger partial charge in [-0.1, -0.05) is 48.4 Å². The summed E-state index contributed by atoms with van der Waals surface area (Å²) < 4.78 is 0. The minimum Gasteiger partial charge on any atom is -0.0883 e. The second-order valence-electron chi connectivity index (χ2n) is 2.95. The summed E-state index contributed by atoms with van der Waals surface area (Å²) in [5.41, 5.74) is 0. The fourth-order valence-corrected chi connectivity index (χ4v) is 1.09. The zero-order valence-electron chi connectivity index (χ0n) is 6.94. The summed E-state index contributed by atoms with van der Waals surface area (Å²) in [4.78, 5) is 0. The van der Waals surface area contributed by atoms with E-state index in [9.17, 15) is 0 Å². The molecule has 0 saturated carbocycles. The molecule has 0 aromatic heterocycles. The van der Waals surface area contributed by atoms with Gasteiger partial charge in [-0.15, -0.1) is 0 Å². The summed E-state index contributed by atoms with van der Waals surface area (Å²) in [5, 5.41) is 0.995. The first-order valence-corrected chi connectivity index (χ1v) is 5.10. The Morgan fingerprint density at radius 1 is 1.30 bits per heavy atom. The van der Waals surface area contributed by atoms with Gasteiger partial charge in [0.25, 0.3) is 0 Å². The molecule has 0 aliphatic carbocycles. The van der Waals surface area contributed by atoms with Crippen molar-refractivity contribution >= 4 is 15.9 Å². The molecule has 0 radical (unpaired) electrons. The smallest absolute Gasteiger partial charge is 0.0212 e. The van der Waals surface area contributed by atoms with Gasteiger partial charge < -0.3 is 0 Å². The van der Waals surface area contributed by atoms with Crippen molar-refractivity contribution in [1.82, 2.24) is 0 Å². The van der Waals surface area contributed by atoms with Crippen LogP contribution < -0.4 is 0 Å². The molecule has 0 saturated heterocycles. The Kier molecular flexibility index (Phi) is 7.49. The molecule has 60 valence electrons. The standard InChI is InChI=1S/C9H17Br/c1-9(2)7-5-3-4-6-8-10/h4,6,9H,3,5,7-8H2,1-2H3. The molecule has 0 bridgehead atoms. The normalized spacial score (nSPS) is 11.6. The van der Waals surface area contributed by atoms with E-state index in [4.69, 9.17) is 0 Å². The van der Waals surface area contributed by atoms with E-state index in [-0.39, 0.29) is 0 Å². The first-order chi connectivity index (χ1) is 4.77. The van der Waals surface area contributed by atoms with Crippen molar-refractivity contribution in [2.24, 2.45) is 5.92 Å². The van der Waals surface area contributed by atoms with E-state index in [1.54, 1.807) is 0 Å². The maximum atomic E-state index is 3.34. The van der Waals surface area contributed by atoms with Crippen LogP contribution in [0.25, 0.3) is 0 Å². The predicted octanol–water partition coefficient (Wildman–Crippen LogP) is 3.76. The molecule has 0 fully saturated rings. The third-order valence-corrected chi connectivity index (χ3v) is 1.78. The van der Waals surface area contributed by atoms with Gasteiger partial charge in [0.05, 0.1) is 0 Å². The highest BCUT2D eigenvalue weighted by Crippen LogP contribution is 2.06. The van der Waals surface area contributed by atoms with Crippen molar-refractivity contribution < 1.29 is 0 Å². The van der Waals surface area contributed by atoms with E-state index in [0.717, 1.165) is 11.2 Å². The molecule has 0 spiro atoms. The summed E-state index contributed by atoms with van der Waals surface area (Å²) in [7, 11) is 0. The summed E-state index contributed by atoms with van der Waals surface area (Å²) >= 11 is 3.34. The van der Waals surface area contributed by atoms with Crippen LogP contribution in [0.3, 0.4) is 0 Å². The Morgan fingerprint density at radius 3 is 2.50 bits per heavy atom. The van der Waals surface area contributed by atoms with Crippen molar-refractivity contribution in [3.8, 4) is 0 Å². The summed E-state index contributed by atoms with van der Waals surface area (Å²) in [6.07, 6.45) is 8.34. The summed E-state index contributed by atoms with van der Waals surface area (Å²) in [5.74, 6) is 0.859. The maximum absolute atomic E-state index is 3.34. The Bertz CT molecular complexity index is 84.7. The van der Waals surface area contributed by atoms with Crippen LogP contribution in [0.15, 0.2) is 12.2 Å². The third kappa shape index (κ3) is 8.22. The van der Waals surface area contributed by atoms with Gasteiger partial charge in [-0.3, -0.25) is 0 Å². The van der Waals surface area contributed by atoms with Crippen LogP contribution in [0.4, 0.5) is 0 Å². The highest BCUT2D eigenvalue weighted by molar-refractivity contribution is 9.09. The number of allylic oxidation sites excluding steroid dienone is 2. The van der Waals surface area contributed by atoms with E-state index in [1.807, 2.05) is 0 Å². The lowest BCUT2D eigenvalue weighted by atomic mass is 10.1. The molecule has 0 amide bonds. The average Bonchev–Trinajstić information content (AvgIpc) is 1.87. The fraction of sp³-hybridized carbons (Fsp3) is 0.778. The fourth-order valence-electron chi connectivity index (χ4n) is 0.825. The topological polar surface area (TPSA) is 0 Å². The quantitative estimate of drug-likeness (QED) is 0.364. The Hall–Kier alpha value is 0.220. The molecule has 0 nitrogen and oxygen atoms in total. The van der Waals surface area contributed by atoms with Crippen LogP contribution in [0.1, 0.15) is 33.1 Å². The van der Waals surface area contributed by atoms with E-state index in [2.05, 4.69) is 41.9 Å². The molecule has 0 atom stereocenters. The van der Waals surface area contributed by atoms with Crippen molar-refractivity contribution in [3.05, 3.63) is 12.2 Å². The summed E-state index contributed by atoms with van der Waals surface area (Å²) in [6, 6.07) is 0. The monoisotopic (exact) mass is 204 g/mol. The largest absolute Gasteiger partial charge is 0.0883 e. The lowest BCUT2D eigenvalue weighted by Gasteiger charge is -1.99. The van der Waals surface area contributed by atoms with Gasteiger partial charge in [0, 0.05) is 5.33 Å². The van der Waals surface area contributed by atoms with Crippen molar-refractivity contribution in [3.63, 3.8) is 0 Å². The first kappa shape index (κ1) is 10.2. The summed E-state index contributed by atoms with van der Waals surface area (Å²) in [6.45, 7) is 4.54. The molecule has 0 heterocycles. The minimum atomic E-state index is 0.859. The van der Waals surface area contributed by atoms with Gasteiger partial charge in [0.2, 0.25) is 0 Å². The van der Waals surface area contributed by atoms with Crippen molar-refractivity contribution in [2.75, 3.05) is 5.33 Å².